The molecule has 33 heavy (non-hydrogen) atoms. The van der Waals surface area contributed by atoms with Gasteiger partial charge in [-0.25, -0.2) is 18.6 Å². The molecule has 0 atom stereocenters. The first-order valence-corrected chi connectivity index (χ1v) is 9.01. The smallest absolute Gasteiger partial charge is 0.452 e. The number of hydrogen-bond donors (Lipinski definition) is 3. The highest BCUT2D eigenvalue weighted by Gasteiger charge is 2.33. The van der Waals surface area contributed by atoms with Gasteiger partial charge in [0.15, 0.2) is 23.0 Å². The molecule has 0 radical (unpaired) electrons. The van der Waals surface area contributed by atoms with Crippen LogP contribution in [0.4, 0.5) is 27.6 Å². The summed E-state index contributed by atoms with van der Waals surface area (Å²) in [5.41, 5.74) is -1.49. The number of pyridine rings is 1. The zero-order valence-electron chi connectivity index (χ0n) is 16.1. The first-order valence-electron chi connectivity index (χ1n) is 9.01. The van der Waals surface area contributed by atoms with Gasteiger partial charge in [0.25, 0.3) is 5.91 Å². The number of carbonyl (C=O) groups excluding carboxylic acids is 1. The van der Waals surface area contributed by atoms with Crippen LogP contribution in [0.15, 0.2) is 53.5 Å². The minimum atomic E-state index is -5.06. The van der Waals surface area contributed by atoms with Crippen LogP contribution in [-0.4, -0.2) is 27.2 Å². The molecule has 0 spiro atoms. The van der Waals surface area contributed by atoms with E-state index in [4.69, 9.17) is 4.74 Å². The van der Waals surface area contributed by atoms with Crippen molar-refractivity contribution in [1.29, 1.82) is 0 Å². The molecule has 170 valence electrons. The Labute approximate surface area is 180 Å². The number of amides is 1. The van der Waals surface area contributed by atoms with Crippen LogP contribution in [0.1, 0.15) is 10.4 Å². The summed E-state index contributed by atoms with van der Waals surface area (Å²) in [6, 6.07) is 6.95. The third-order valence-corrected chi connectivity index (χ3v) is 4.23. The van der Waals surface area contributed by atoms with E-state index in [1.807, 2.05) is 0 Å². The number of nitrogens with one attached hydrogen (secondary N) is 3. The number of carbonyl (C=O) groups is 1. The Bertz CT molecular complexity index is 1410. The van der Waals surface area contributed by atoms with Crippen molar-refractivity contribution in [3.05, 3.63) is 76.3 Å². The molecular weight excluding hydrogens is 455 g/mol. The Morgan fingerprint density at radius 1 is 0.970 bits per heavy atom. The summed E-state index contributed by atoms with van der Waals surface area (Å²) >= 11 is 0. The molecule has 0 aliphatic rings. The molecule has 2 heterocycles. The molecule has 0 saturated carbocycles. The van der Waals surface area contributed by atoms with E-state index >= 15 is 0 Å². The summed E-state index contributed by atoms with van der Waals surface area (Å²) in [6.45, 7) is 0. The average molecular weight is 466 g/mol. The number of hydrogen-bond acceptors (Lipinski definition) is 5. The quantitative estimate of drug-likeness (QED) is 0.376. The maximum atomic E-state index is 14.3. The molecule has 0 aliphatic carbocycles. The molecule has 2 aromatic carbocycles. The predicted molar refractivity (Wildman–Crippen MR) is 104 cm³/mol. The highest BCUT2D eigenvalue weighted by molar-refractivity contribution is 6.06. The molecule has 2 aromatic heterocycles. The molecule has 4 aromatic rings. The second-order valence-corrected chi connectivity index (χ2v) is 6.47. The maximum absolute atomic E-state index is 14.3. The van der Waals surface area contributed by atoms with E-state index in [2.05, 4.69) is 25.0 Å². The number of alkyl halides is 3. The average Bonchev–Trinajstić information content (AvgIpc) is 3.12. The molecule has 8 nitrogen and oxygen atoms in total. The number of aromatic amines is 2. The number of H-pyrrole nitrogens is 2. The number of benzene rings is 2. The fourth-order valence-corrected chi connectivity index (χ4v) is 2.88. The van der Waals surface area contributed by atoms with E-state index in [9.17, 15) is 31.5 Å². The van der Waals surface area contributed by atoms with Crippen LogP contribution in [0.5, 0.6) is 17.2 Å². The van der Waals surface area contributed by atoms with Gasteiger partial charge in [-0.2, -0.15) is 0 Å². The van der Waals surface area contributed by atoms with Crippen molar-refractivity contribution in [1.82, 2.24) is 15.0 Å². The van der Waals surface area contributed by atoms with Gasteiger partial charge in [0, 0.05) is 24.4 Å². The number of imidazole rings is 1. The zero-order chi connectivity index (χ0) is 23.8. The van der Waals surface area contributed by atoms with Gasteiger partial charge >= 0.3 is 12.1 Å². The summed E-state index contributed by atoms with van der Waals surface area (Å²) < 4.78 is 75.6. The van der Waals surface area contributed by atoms with Crippen LogP contribution in [-0.2, 0) is 0 Å². The Balaban J connectivity index is 1.64. The van der Waals surface area contributed by atoms with Gasteiger partial charge in [0.1, 0.15) is 17.1 Å². The van der Waals surface area contributed by atoms with Gasteiger partial charge < -0.3 is 19.8 Å². The van der Waals surface area contributed by atoms with E-state index in [1.165, 1.54) is 24.4 Å². The van der Waals surface area contributed by atoms with Crippen molar-refractivity contribution in [3.63, 3.8) is 0 Å². The van der Waals surface area contributed by atoms with Gasteiger partial charge in [-0.1, -0.05) is 12.1 Å². The second-order valence-electron chi connectivity index (χ2n) is 6.47. The molecule has 0 bridgehead atoms. The van der Waals surface area contributed by atoms with Crippen molar-refractivity contribution in [3.8, 4) is 17.2 Å². The van der Waals surface area contributed by atoms with E-state index in [-0.39, 0.29) is 16.9 Å². The lowest BCUT2D eigenvalue weighted by Crippen LogP contribution is -2.21. The molecule has 0 fully saturated rings. The summed E-state index contributed by atoms with van der Waals surface area (Å²) in [6.07, 6.45) is -3.79. The minimum Gasteiger partial charge on any atom is -0.452 e. The largest absolute Gasteiger partial charge is 0.573 e. The number of anilines is 1. The number of para-hydroxylation sites is 1. The van der Waals surface area contributed by atoms with Crippen LogP contribution < -0.4 is 20.5 Å². The topological polar surface area (TPSA) is 109 Å². The Kier molecular flexibility index (Phi) is 5.45. The van der Waals surface area contributed by atoms with Gasteiger partial charge in [-0.05, 0) is 12.1 Å². The number of nitrogens with zero attached hydrogens (tertiary/aromatic N) is 1. The third kappa shape index (κ3) is 4.76. The first-order chi connectivity index (χ1) is 15.6. The summed E-state index contributed by atoms with van der Waals surface area (Å²) in [5, 5.41) is 2.06. The van der Waals surface area contributed by atoms with E-state index in [0.29, 0.717) is 6.07 Å². The Morgan fingerprint density at radius 2 is 1.73 bits per heavy atom. The lowest BCUT2D eigenvalue weighted by atomic mass is 10.1. The SMILES string of the molecule is O=C(Nc1cc(Oc2ccnc3[nH]c(=O)[nH]c23)c(F)cc1F)c1ccccc1OC(F)(F)F. The van der Waals surface area contributed by atoms with Gasteiger partial charge in [-0.3, -0.25) is 9.78 Å². The molecule has 0 unspecified atom stereocenters. The predicted octanol–water partition coefficient (Wildman–Crippen LogP) is 4.47. The number of aromatic nitrogens is 3. The van der Waals surface area contributed by atoms with Crippen LogP contribution >= 0.6 is 0 Å². The normalized spacial score (nSPS) is 11.4. The van der Waals surface area contributed by atoms with Crippen molar-refractivity contribution in [2.45, 2.75) is 6.36 Å². The molecule has 0 aliphatic heterocycles. The van der Waals surface area contributed by atoms with E-state index in [1.54, 1.807) is 0 Å². The summed E-state index contributed by atoms with van der Waals surface area (Å²) in [5.74, 6) is -4.89. The van der Waals surface area contributed by atoms with Crippen LogP contribution in [0.3, 0.4) is 0 Å². The van der Waals surface area contributed by atoms with Crippen molar-refractivity contribution in [2.75, 3.05) is 5.32 Å². The standard InChI is InChI=1S/C20H11F5N4O4/c21-10-7-11(22)15(32-14-5-6-26-17-16(14)28-19(31)29-17)8-12(10)27-18(30)9-3-1-2-4-13(9)33-20(23,24)25/h1-8H,(H,27,30)(H2,26,28,29,31). The molecule has 3 N–H and O–H groups in total. The van der Waals surface area contributed by atoms with Crippen molar-refractivity contribution >= 4 is 22.8 Å². The molecule has 4 rings (SSSR count). The fourth-order valence-electron chi connectivity index (χ4n) is 2.88. The van der Waals surface area contributed by atoms with Gasteiger partial charge in [-0.15, -0.1) is 13.2 Å². The lowest BCUT2D eigenvalue weighted by Gasteiger charge is -2.14. The Morgan fingerprint density at radius 3 is 2.48 bits per heavy atom. The molecule has 0 saturated heterocycles. The fraction of sp³-hybridized carbons (Fsp3) is 0.0500. The van der Waals surface area contributed by atoms with Gasteiger partial charge in [0.05, 0.1) is 11.3 Å². The highest BCUT2D eigenvalue weighted by atomic mass is 19.4. The number of ether oxygens (including phenoxy) is 2. The van der Waals surface area contributed by atoms with Crippen molar-refractivity contribution < 1.29 is 36.2 Å². The second kappa shape index (κ2) is 8.26. The first kappa shape index (κ1) is 21.8. The number of halogens is 5. The highest BCUT2D eigenvalue weighted by Crippen LogP contribution is 2.33. The minimum absolute atomic E-state index is 0.0370. The summed E-state index contributed by atoms with van der Waals surface area (Å²) in [4.78, 5) is 32.6. The van der Waals surface area contributed by atoms with Crippen LogP contribution in [0.2, 0.25) is 0 Å². The third-order valence-electron chi connectivity index (χ3n) is 4.23. The monoisotopic (exact) mass is 466 g/mol. The van der Waals surface area contributed by atoms with Crippen molar-refractivity contribution in [2.24, 2.45) is 0 Å². The van der Waals surface area contributed by atoms with Crippen LogP contribution in [0.25, 0.3) is 11.2 Å². The number of fused-ring (bicyclic) bond motifs is 1. The molecule has 13 heteroatoms. The van der Waals surface area contributed by atoms with E-state index < -0.39 is 52.3 Å². The molecule has 1 amide bonds. The zero-order valence-corrected chi connectivity index (χ0v) is 16.1. The Hall–Kier alpha value is -4.42. The van der Waals surface area contributed by atoms with Crippen LogP contribution in [0, 0.1) is 11.6 Å². The maximum Gasteiger partial charge on any atom is 0.573 e. The lowest BCUT2D eigenvalue weighted by molar-refractivity contribution is -0.274. The molecular formula is C20H11F5N4O4. The summed E-state index contributed by atoms with van der Waals surface area (Å²) in [7, 11) is 0. The van der Waals surface area contributed by atoms with Gasteiger partial charge in [0.2, 0.25) is 0 Å². The number of rotatable bonds is 5. The van der Waals surface area contributed by atoms with E-state index in [0.717, 1.165) is 18.2 Å².